The van der Waals surface area contributed by atoms with Crippen LogP contribution in [0.15, 0.2) is 47.3 Å². The van der Waals surface area contributed by atoms with Crippen molar-refractivity contribution in [1.82, 2.24) is 9.88 Å². The van der Waals surface area contributed by atoms with Gasteiger partial charge in [-0.05, 0) is 79.1 Å². The quantitative estimate of drug-likeness (QED) is 0.694. The van der Waals surface area contributed by atoms with Gasteiger partial charge in [0.15, 0.2) is 0 Å². The SMILES string of the molecule is Cc1cc2cc(CN(Cc3ccc(F)cc3)C(=O)C3CCCO3)c(=O)[nH]c2cc1C. The number of benzene rings is 2. The Morgan fingerprint density at radius 2 is 1.87 bits per heavy atom. The molecule has 156 valence electrons. The van der Waals surface area contributed by atoms with Gasteiger partial charge < -0.3 is 14.6 Å². The average molecular weight is 408 g/mol. The van der Waals surface area contributed by atoms with E-state index in [1.807, 2.05) is 32.0 Å². The Labute approximate surface area is 174 Å². The number of halogens is 1. The fourth-order valence-electron chi connectivity index (χ4n) is 3.84. The number of pyridine rings is 1. The molecule has 2 heterocycles. The number of aromatic nitrogens is 1. The minimum Gasteiger partial charge on any atom is -0.368 e. The lowest BCUT2D eigenvalue weighted by atomic mass is 10.0. The van der Waals surface area contributed by atoms with E-state index < -0.39 is 6.10 Å². The van der Waals surface area contributed by atoms with E-state index in [4.69, 9.17) is 4.74 Å². The number of aromatic amines is 1. The predicted octanol–water partition coefficient (Wildman–Crippen LogP) is 3.99. The van der Waals surface area contributed by atoms with Gasteiger partial charge in [-0.1, -0.05) is 12.1 Å². The highest BCUT2D eigenvalue weighted by atomic mass is 19.1. The molecule has 1 saturated heterocycles. The van der Waals surface area contributed by atoms with Crippen LogP contribution in [0.3, 0.4) is 0 Å². The Morgan fingerprint density at radius 1 is 1.13 bits per heavy atom. The number of carbonyl (C=O) groups excluding carboxylic acids is 1. The van der Waals surface area contributed by atoms with Crippen LogP contribution in [0.2, 0.25) is 0 Å². The van der Waals surface area contributed by atoms with Gasteiger partial charge in [0.1, 0.15) is 11.9 Å². The highest BCUT2D eigenvalue weighted by Crippen LogP contribution is 2.21. The van der Waals surface area contributed by atoms with Crippen LogP contribution in [0.5, 0.6) is 0 Å². The van der Waals surface area contributed by atoms with E-state index >= 15 is 0 Å². The lowest BCUT2D eigenvalue weighted by molar-refractivity contribution is -0.142. The van der Waals surface area contributed by atoms with Crippen molar-refractivity contribution in [2.45, 2.75) is 45.9 Å². The van der Waals surface area contributed by atoms with Crippen LogP contribution in [0, 0.1) is 19.7 Å². The highest BCUT2D eigenvalue weighted by molar-refractivity contribution is 5.82. The number of nitrogens with zero attached hydrogens (tertiary/aromatic N) is 1. The summed E-state index contributed by atoms with van der Waals surface area (Å²) in [6, 6.07) is 11.9. The maximum atomic E-state index is 13.3. The molecule has 1 unspecified atom stereocenters. The van der Waals surface area contributed by atoms with E-state index in [1.165, 1.54) is 12.1 Å². The predicted molar refractivity (Wildman–Crippen MR) is 114 cm³/mol. The van der Waals surface area contributed by atoms with Crippen molar-refractivity contribution in [2.24, 2.45) is 0 Å². The average Bonchev–Trinajstić information content (AvgIpc) is 3.25. The van der Waals surface area contributed by atoms with E-state index in [0.717, 1.165) is 34.0 Å². The standard InChI is InChI=1S/C24H25FN2O3/c1-15-10-18-12-19(23(28)26-21(18)11-16(15)2)14-27(24(29)22-4-3-9-30-22)13-17-5-7-20(25)8-6-17/h5-8,10-12,22H,3-4,9,13-14H2,1-2H3,(H,26,28). The number of aryl methyl sites for hydroxylation is 2. The second-order valence-electron chi connectivity index (χ2n) is 7.97. The van der Waals surface area contributed by atoms with Crippen molar-refractivity contribution in [3.8, 4) is 0 Å². The van der Waals surface area contributed by atoms with Gasteiger partial charge in [0, 0.05) is 24.2 Å². The summed E-state index contributed by atoms with van der Waals surface area (Å²) in [5.74, 6) is -0.469. The van der Waals surface area contributed by atoms with Gasteiger partial charge in [0.25, 0.3) is 11.5 Å². The first-order valence-corrected chi connectivity index (χ1v) is 10.2. The molecule has 2 aromatic carbocycles. The first-order valence-electron chi connectivity index (χ1n) is 10.2. The van der Waals surface area contributed by atoms with Crippen molar-refractivity contribution in [1.29, 1.82) is 0 Å². The second-order valence-corrected chi connectivity index (χ2v) is 7.97. The molecule has 0 saturated carbocycles. The molecular weight excluding hydrogens is 383 g/mol. The molecule has 0 aliphatic carbocycles. The summed E-state index contributed by atoms with van der Waals surface area (Å²) >= 11 is 0. The number of amides is 1. The number of hydrogen-bond acceptors (Lipinski definition) is 3. The van der Waals surface area contributed by atoms with Gasteiger partial charge in [-0.15, -0.1) is 0 Å². The normalized spacial score (nSPS) is 16.2. The fourth-order valence-corrected chi connectivity index (χ4v) is 3.84. The largest absolute Gasteiger partial charge is 0.368 e. The first-order chi connectivity index (χ1) is 14.4. The summed E-state index contributed by atoms with van der Waals surface area (Å²) in [4.78, 5) is 30.4. The number of ether oxygens (including phenoxy) is 1. The Bertz CT molecular complexity index is 1130. The van der Waals surface area contributed by atoms with Crippen LogP contribution >= 0.6 is 0 Å². The Hall–Kier alpha value is -2.99. The topological polar surface area (TPSA) is 62.4 Å². The third-order valence-corrected chi connectivity index (χ3v) is 5.70. The van der Waals surface area contributed by atoms with Gasteiger partial charge in [-0.3, -0.25) is 9.59 Å². The highest BCUT2D eigenvalue weighted by Gasteiger charge is 2.29. The maximum absolute atomic E-state index is 13.3. The molecule has 1 N–H and O–H groups in total. The molecule has 6 heteroatoms. The smallest absolute Gasteiger partial charge is 0.253 e. The lowest BCUT2D eigenvalue weighted by Crippen LogP contribution is -2.39. The molecule has 1 aliphatic rings. The Balaban J connectivity index is 1.67. The van der Waals surface area contributed by atoms with Crippen molar-refractivity contribution < 1.29 is 13.9 Å². The Morgan fingerprint density at radius 3 is 2.57 bits per heavy atom. The van der Waals surface area contributed by atoms with Crippen molar-refractivity contribution in [3.05, 3.63) is 80.9 Å². The van der Waals surface area contributed by atoms with E-state index in [0.29, 0.717) is 18.6 Å². The van der Waals surface area contributed by atoms with E-state index in [2.05, 4.69) is 4.98 Å². The summed E-state index contributed by atoms with van der Waals surface area (Å²) in [6.45, 7) is 5.04. The Kier molecular flexibility index (Phi) is 5.68. The number of hydrogen-bond donors (Lipinski definition) is 1. The zero-order valence-electron chi connectivity index (χ0n) is 17.2. The minimum absolute atomic E-state index is 0.142. The first kappa shape index (κ1) is 20.3. The van der Waals surface area contributed by atoms with Gasteiger partial charge in [-0.25, -0.2) is 4.39 Å². The molecule has 30 heavy (non-hydrogen) atoms. The number of fused-ring (bicyclic) bond motifs is 1. The molecule has 1 amide bonds. The molecule has 1 atom stereocenters. The number of carbonyl (C=O) groups is 1. The van der Waals surface area contributed by atoms with Gasteiger partial charge in [0.05, 0.1) is 6.54 Å². The van der Waals surface area contributed by atoms with E-state index in [-0.39, 0.29) is 30.4 Å². The van der Waals surface area contributed by atoms with Crippen LogP contribution in [-0.4, -0.2) is 28.5 Å². The zero-order chi connectivity index (χ0) is 21.3. The summed E-state index contributed by atoms with van der Waals surface area (Å²) in [5, 5.41) is 0.930. The molecule has 0 radical (unpaired) electrons. The van der Waals surface area contributed by atoms with Crippen LogP contribution in [0.4, 0.5) is 4.39 Å². The van der Waals surface area contributed by atoms with Crippen LogP contribution in [0.25, 0.3) is 10.9 Å². The molecule has 1 aliphatic heterocycles. The lowest BCUT2D eigenvalue weighted by Gasteiger charge is -2.25. The molecule has 5 nitrogen and oxygen atoms in total. The van der Waals surface area contributed by atoms with Crippen molar-refractivity contribution >= 4 is 16.8 Å². The molecule has 1 fully saturated rings. The molecule has 3 aromatic rings. The number of rotatable bonds is 5. The fraction of sp³-hybridized carbons (Fsp3) is 0.333. The minimum atomic E-state index is -0.491. The summed E-state index contributed by atoms with van der Waals surface area (Å²) in [7, 11) is 0. The third-order valence-electron chi connectivity index (χ3n) is 5.70. The molecule has 0 spiro atoms. The summed E-state index contributed by atoms with van der Waals surface area (Å²) in [5.41, 5.74) is 4.12. The van der Waals surface area contributed by atoms with Crippen LogP contribution in [0.1, 0.15) is 35.1 Å². The molecule has 0 bridgehead atoms. The van der Waals surface area contributed by atoms with E-state index in [1.54, 1.807) is 17.0 Å². The maximum Gasteiger partial charge on any atom is 0.253 e. The summed E-state index contributed by atoms with van der Waals surface area (Å²) < 4.78 is 18.9. The van der Waals surface area contributed by atoms with Crippen molar-refractivity contribution in [3.63, 3.8) is 0 Å². The molecule has 1 aromatic heterocycles. The van der Waals surface area contributed by atoms with Crippen LogP contribution < -0.4 is 5.56 Å². The third kappa shape index (κ3) is 4.28. The van der Waals surface area contributed by atoms with Gasteiger partial charge in [-0.2, -0.15) is 0 Å². The second kappa shape index (κ2) is 8.40. The van der Waals surface area contributed by atoms with Crippen LogP contribution in [-0.2, 0) is 22.6 Å². The number of nitrogens with one attached hydrogen (secondary N) is 1. The number of H-pyrrole nitrogens is 1. The van der Waals surface area contributed by atoms with Gasteiger partial charge >= 0.3 is 0 Å². The van der Waals surface area contributed by atoms with Gasteiger partial charge in [0.2, 0.25) is 0 Å². The van der Waals surface area contributed by atoms with E-state index in [9.17, 15) is 14.0 Å². The summed E-state index contributed by atoms with van der Waals surface area (Å²) in [6.07, 6.45) is 1.02. The van der Waals surface area contributed by atoms with Crippen molar-refractivity contribution in [2.75, 3.05) is 6.61 Å². The molecular formula is C24H25FN2O3. The molecule has 4 rings (SSSR count). The monoisotopic (exact) mass is 408 g/mol. The zero-order valence-corrected chi connectivity index (χ0v) is 17.2.